The van der Waals surface area contributed by atoms with Gasteiger partial charge in [0.2, 0.25) is 0 Å². The van der Waals surface area contributed by atoms with Crippen LogP contribution in [0, 0.1) is 0 Å². The molecule has 0 fully saturated rings. The molecule has 0 heterocycles. The predicted molar refractivity (Wildman–Crippen MR) is 93.5 cm³/mol. The first-order valence-electron chi connectivity index (χ1n) is 7.11. The number of rotatable bonds is 5. The molecule has 0 radical (unpaired) electrons. The van der Waals surface area contributed by atoms with Crippen LogP contribution < -0.4 is 14.2 Å². The summed E-state index contributed by atoms with van der Waals surface area (Å²) >= 11 is 0. The number of hydrogen-bond donors (Lipinski definition) is 1. The lowest BCUT2D eigenvalue weighted by atomic mass is 10.1. The van der Waals surface area contributed by atoms with Gasteiger partial charge < -0.3 is 14.2 Å². The van der Waals surface area contributed by atoms with Crippen molar-refractivity contribution >= 4 is 27.4 Å². The highest BCUT2D eigenvalue weighted by Crippen LogP contribution is 2.31. The third kappa shape index (κ3) is 3.14. The van der Waals surface area contributed by atoms with Crippen molar-refractivity contribution in [2.45, 2.75) is 4.90 Å². The van der Waals surface area contributed by atoms with Gasteiger partial charge in [-0.3, -0.25) is 0 Å². The third-order valence-corrected chi connectivity index (χ3v) is 4.76. The van der Waals surface area contributed by atoms with E-state index in [-0.39, 0.29) is 0 Å². The summed E-state index contributed by atoms with van der Waals surface area (Å²) in [6, 6.07) is 18.9. The Balaban J connectivity index is 1.99. The summed E-state index contributed by atoms with van der Waals surface area (Å²) in [5, 5.41) is 1.93. The van der Waals surface area contributed by atoms with Crippen LogP contribution in [0.1, 0.15) is 0 Å². The highest BCUT2D eigenvalue weighted by atomic mass is 32.2. The molecule has 0 aliphatic rings. The van der Waals surface area contributed by atoms with E-state index < -0.39 is 11.0 Å². The number of nitrogens with one attached hydrogen (secondary N) is 1. The number of benzene rings is 3. The molecule has 0 saturated heterocycles. The van der Waals surface area contributed by atoms with Gasteiger partial charge in [0.05, 0.1) is 14.2 Å². The van der Waals surface area contributed by atoms with E-state index in [1.807, 2.05) is 60.7 Å². The maximum Gasteiger partial charge on any atom is 0.154 e. The van der Waals surface area contributed by atoms with Crippen molar-refractivity contribution in [1.29, 1.82) is 0 Å². The number of fused-ring (bicyclic) bond motifs is 1. The minimum atomic E-state index is -1.44. The van der Waals surface area contributed by atoms with Crippen LogP contribution in [0.3, 0.4) is 0 Å². The van der Waals surface area contributed by atoms with Crippen LogP contribution in [-0.2, 0) is 11.0 Å². The molecule has 3 aromatic carbocycles. The van der Waals surface area contributed by atoms with E-state index in [1.165, 1.54) is 0 Å². The number of ether oxygens (including phenoxy) is 2. The molecule has 118 valence electrons. The smallest absolute Gasteiger partial charge is 0.154 e. The quantitative estimate of drug-likeness (QED) is 0.771. The van der Waals surface area contributed by atoms with Crippen molar-refractivity contribution in [3.63, 3.8) is 0 Å². The van der Waals surface area contributed by atoms with Gasteiger partial charge in [-0.05, 0) is 35.7 Å². The molecule has 0 saturated carbocycles. The zero-order valence-electron chi connectivity index (χ0n) is 12.9. The Morgan fingerprint density at radius 1 is 0.870 bits per heavy atom. The van der Waals surface area contributed by atoms with Crippen molar-refractivity contribution < 1.29 is 13.7 Å². The molecule has 4 nitrogen and oxygen atoms in total. The van der Waals surface area contributed by atoms with Gasteiger partial charge in [0, 0.05) is 11.1 Å². The molecule has 0 bridgehead atoms. The Morgan fingerprint density at radius 3 is 2.30 bits per heavy atom. The Kier molecular flexibility index (Phi) is 4.48. The number of methoxy groups -OCH3 is 2. The van der Waals surface area contributed by atoms with E-state index in [9.17, 15) is 4.21 Å². The molecule has 0 unspecified atom stereocenters. The van der Waals surface area contributed by atoms with Crippen LogP contribution in [0.15, 0.2) is 65.6 Å². The largest absolute Gasteiger partial charge is 0.497 e. The van der Waals surface area contributed by atoms with Crippen molar-refractivity contribution in [2.75, 3.05) is 18.9 Å². The Labute approximate surface area is 137 Å². The zero-order valence-corrected chi connectivity index (χ0v) is 13.7. The summed E-state index contributed by atoms with van der Waals surface area (Å²) in [7, 11) is 1.75. The second-order valence-electron chi connectivity index (χ2n) is 4.92. The summed E-state index contributed by atoms with van der Waals surface area (Å²) in [6.45, 7) is 0. The van der Waals surface area contributed by atoms with Gasteiger partial charge in [0.15, 0.2) is 11.0 Å². The zero-order chi connectivity index (χ0) is 16.2. The lowest BCUT2D eigenvalue weighted by Gasteiger charge is -2.13. The topological polar surface area (TPSA) is 47.6 Å². The molecule has 0 aliphatic heterocycles. The molecule has 1 atom stereocenters. The summed E-state index contributed by atoms with van der Waals surface area (Å²) in [5.41, 5.74) is 0.749. The minimum absolute atomic E-state index is 0.600. The molecule has 3 aromatic rings. The molecular weight excluding hydrogens is 310 g/mol. The van der Waals surface area contributed by atoms with Crippen molar-refractivity contribution in [1.82, 2.24) is 0 Å². The van der Waals surface area contributed by atoms with Gasteiger partial charge in [0.1, 0.15) is 16.4 Å². The molecule has 1 N–H and O–H groups in total. The van der Waals surface area contributed by atoms with Crippen LogP contribution in [0.5, 0.6) is 11.5 Å². The maximum absolute atomic E-state index is 12.9. The summed E-state index contributed by atoms with van der Waals surface area (Å²) in [5.74, 6) is 1.35. The number of hydrogen-bond acceptors (Lipinski definition) is 3. The summed E-state index contributed by atoms with van der Waals surface area (Å²) in [4.78, 5) is 0.640. The second-order valence-corrected chi connectivity index (χ2v) is 6.07. The van der Waals surface area contributed by atoms with Crippen LogP contribution >= 0.6 is 0 Å². The first-order valence-corrected chi connectivity index (χ1v) is 8.26. The SMILES string of the molecule is COc1ccc(N[S@@](=O)c2c(OC)ccc3ccccc23)cc1. The maximum atomic E-state index is 12.9. The monoisotopic (exact) mass is 327 g/mol. The van der Waals surface area contributed by atoms with Crippen LogP contribution in [0.2, 0.25) is 0 Å². The van der Waals surface area contributed by atoms with Gasteiger partial charge >= 0.3 is 0 Å². The van der Waals surface area contributed by atoms with Crippen LogP contribution in [0.4, 0.5) is 5.69 Å². The molecule has 3 rings (SSSR count). The first kappa shape index (κ1) is 15.4. The van der Waals surface area contributed by atoms with E-state index in [2.05, 4.69) is 4.72 Å². The van der Waals surface area contributed by atoms with Crippen molar-refractivity contribution in [3.8, 4) is 11.5 Å². The van der Waals surface area contributed by atoms with Crippen molar-refractivity contribution in [2.24, 2.45) is 0 Å². The van der Waals surface area contributed by atoms with E-state index in [1.54, 1.807) is 14.2 Å². The van der Waals surface area contributed by atoms with Gasteiger partial charge in [-0.15, -0.1) is 0 Å². The molecule has 23 heavy (non-hydrogen) atoms. The Morgan fingerprint density at radius 2 is 1.61 bits per heavy atom. The van der Waals surface area contributed by atoms with Gasteiger partial charge in [-0.1, -0.05) is 30.3 Å². The standard InChI is InChI=1S/C18H17NO3S/c1-21-15-10-8-14(9-11-15)19-23(20)18-16-6-4-3-5-13(16)7-12-17(18)22-2/h3-12,19H,1-2H3/t23-/m0/s1. The second kappa shape index (κ2) is 6.71. The first-order chi connectivity index (χ1) is 11.2. The van der Waals surface area contributed by atoms with E-state index in [4.69, 9.17) is 9.47 Å². The molecule has 0 amide bonds. The van der Waals surface area contributed by atoms with Crippen molar-refractivity contribution in [3.05, 3.63) is 60.7 Å². The predicted octanol–water partition coefficient (Wildman–Crippen LogP) is 3.99. The molecular formula is C18H17NO3S. The fourth-order valence-corrected chi connectivity index (χ4v) is 3.56. The highest BCUT2D eigenvalue weighted by Gasteiger charge is 2.15. The summed E-state index contributed by atoms with van der Waals surface area (Å²) < 4.78 is 26.4. The lowest BCUT2D eigenvalue weighted by Crippen LogP contribution is -2.07. The average molecular weight is 327 g/mol. The number of anilines is 1. The third-order valence-electron chi connectivity index (χ3n) is 3.55. The van der Waals surface area contributed by atoms with Crippen LogP contribution in [0.25, 0.3) is 10.8 Å². The molecule has 5 heteroatoms. The van der Waals surface area contributed by atoms with Gasteiger partial charge in [-0.2, -0.15) is 0 Å². The molecule has 0 aromatic heterocycles. The fraction of sp³-hybridized carbons (Fsp3) is 0.111. The van der Waals surface area contributed by atoms with Gasteiger partial charge in [-0.25, -0.2) is 4.21 Å². The van der Waals surface area contributed by atoms with E-state index >= 15 is 0 Å². The average Bonchev–Trinajstić information content (AvgIpc) is 2.61. The molecule has 0 spiro atoms. The fourth-order valence-electron chi connectivity index (χ4n) is 2.39. The van der Waals surface area contributed by atoms with Crippen LogP contribution in [-0.4, -0.2) is 18.4 Å². The highest BCUT2D eigenvalue weighted by molar-refractivity contribution is 7.86. The van der Waals surface area contributed by atoms with E-state index in [0.717, 1.165) is 22.2 Å². The molecule has 0 aliphatic carbocycles. The lowest BCUT2D eigenvalue weighted by molar-refractivity contribution is 0.405. The van der Waals surface area contributed by atoms with E-state index in [0.29, 0.717) is 10.6 Å². The van der Waals surface area contributed by atoms with Gasteiger partial charge in [0.25, 0.3) is 0 Å². The summed E-state index contributed by atoms with van der Waals surface area (Å²) in [6.07, 6.45) is 0. The Bertz CT molecular complexity index is 847. The minimum Gasteiger partial charge on any atom is -0.497 e. The Hall–Kier alpha value is -2.53. The normalized spacial score (nSPS) is 11.9.